The van der Waals surface area contributed by atoms with Gasteiger partial charge in [0, 0.05) is 29.5 Å². The molecule has 0 amide bonds. The Bertz CT molecular complexity index is 1400. The van der Waals surface area contributed by atoms with E-state index in [4.69, 9.17) is 27.1 Å². The maximum Gasteiger partial charge on any atom is 0.225 e. The van der Waals surface area contributed by atoms with Crippen molar-refractivity contribution in [2.75, 3.05) is 18.2 Å². The van der Waals surface area contributed by atoms with Gasteiger partial charge < -0.3 is 15.8 Å². The van der Waals surface area contributed by atoms with Gasteiger partial charge in [-0.3, -0.25) is 4.98 Å². The molecule has 0 unspecified atom stereocenters. The summed E-state index contributed by atoms with van der Waals surface area (Å²) >= 11 is 6.10. The number of halogens is 1. The molecule has 0 aliphatic carbocycles. The highest BCUT2D eigenvalue weighted by molar-refractivity contribution is 6.30. The molecule has 3 N–H and O–H groups in total. The smallest absolute Gasteiger partial charge is 0.225 e. The van der Waals surface area contributed by atoms with Crippen molar-refractivity contribution in [2.45, 2.75) is 6.54 Å². The molecule has 164 valence electrons. The molecule has 0 spiro atoms. The van der Waals surface area contributed by atoms with Gasteiger partial charge in [-0.05, 0) is 48.0 Å². The Hall–Kier alpha value is -4.17. The number of nitrogen functional groups attached to an aromatic ring is 1. The van der Waals surface area contributed by atoms with Crippen LogP contribution in [-0.2, 0) is 6.54 Å². The lowest BCUT2D eigenvalue weighted by Crippen LogP contribution is -2.05. The third kappa shape index (κ3) is 4.16. The van der Waals surface area contributed by atoms with E-state index in [1.807, 2.05) is 60.7 Å². The molecule has 8 nitrogen and oxygen atoms in total. The number of fused-ring (bicyclic) bond motifs is 1. The SMILES string of the molecule is COc1ccc(-n2nc3nc(NCc4cccnc4)nc(-c4ccc(Cl)cc4)c3c2N)cc1. The van der Waals surface area contributed by atoms with Crippen LogP contribution >= 0.6 is 11.6 Å². The Morgan fingerprint density at radius 2 is 1.82 bits per heavy atom. The zero-order valence-corrected chi connectivity index (χ0v) is 18.5. The molecular weight excluding hydrogens is 438 g/mol. The van der Waals surface area contributed by atoms with E-state index in [1.54, 1.807) is 24.2 Å². The zero-order chi connectivity index (χ0) is 22.8. The van der Waals surface area contributed by atoms with Gasteiger partial charge in [-0.25, -0.2) is 9.67 Å². The number of aromatic nitrogens is 5. The molecule has 0 fully saturated rings. The summed E-state index contributed by atoms with van der Waals surface area (Å²) in [6, 6.07) is 18.8. The zero-order valence-electron chi connectivity index (χ0n) is 17.7. The van der Waals surface area contributed by atoms with Crippen LogP contribution in [0.4, 0.5) is 11.8 Å². The number of pyridine rings is 1. The normalized spacial score (nSPS) is 11.0. The first-order valence-corrected chi connectivity index (χ1v) is 10.6. The molecule has 0 radical (unpaired) electrons. The summed E-state index contributed by atoms with van der Waals surface area (Å²) in [5, 5.41) is 9.25. The number of nitrogens with zero attached hydrogens (tertiary/aromatic N) is 5. The highest BCUT2D eigenvalue weighted by Crippen LogP contribution is 2.33. The first-order valence-electron chi connectivity index (χ1n) is 10.2. The minimum atomic E-state index is 0.440. The van der Waals surface area contributed by atoms with E-state index in [0.29, 0.717) is 40.1 Å². The fraction of sp³-hybridized carbons (Fsp3) is 0.0833. The van der Waals surface area contributed by atoms with Crippen molar-refractivity contribution in [1.82, 2.24) is 24.7 Å². The van der Waals surface area contributed by atoms with E-state index in [1.165, 1.54) is 0 Å². The van der Waals surface area contributed by atoms with E-state index in [0.717, 1.165) is 22.6 Å². The Kier molecular flexibility index (Phi) is 5.50. The molecule has 0 atom stereocenters. The van der Waals surface area contributed by atoms with Crippen molar-refractivity contribution in [1.29, 1.82) is 0 Å². The number of hydrogen-bond donors (Lipinski definition) is 2. The van der Waals surface area contributed by atoms with Crippen LogP contribution in [0, 0.1) is 0 Å². The van der Waals surface area contributed by atoms with Gasteiger partial charge in [-0.15, -0.1) is 5.10 Å². The second-order valence-corrected chi connectivity index (χ2v) is 7.75. The molecule has 0 saturated carbocycles. The number of nitrogens with one attached hydrogen (secondary N) is 1. The Morgan fingerprint density at radius 1 is 1.03 bits per heavy atom. The molecule has 9 heteroatoms. The molecule has 0 aliphatic rings. The predicted octanol–water partition coefficient (Wildman–Crippen LogP) is 4.73. The van der Waals surface area contributed by atoms with E-state index < -0.39 is 0 Å². The number of rotatable bonds is 6. The first-order chi connectivity index (χ1) is 16.1. The van der Waals surface area contributed by atoms with E-state index >= 15 is 0 Å². The topological polar surface area (TPSA) is 104 Å². The number of nitrogens with two attached hydrogens (primary N) is 1. The molecule has 5 aromatic rings. The summed E-state index contributed by atoms with van der Waals surface area (Å²) in [7, 11) is 1.62. The Balaban J connectivity index is 1.63. The van der Waals surface area contributed by atoms with Crippen LogP contribution in [-0.4, -0.2) is 31.8 Å². The molecular formula is C24H20ClN7O. The summed E-state index contributed by atoms with van der Waals surface area (Å²) in [5.74, 6) is 1.63. The van der Waals surface area contributed by atoms with Crippen LogP contribution in [0.2, 0.25) is 5.02 Å². The first kappa shape index (κ1) is 20.7. The molecule has 3 aromatic heterocycles. The lowest BCUT2D eigenvalue weighted by atomic mass is 10.1. The highest BCUT2D eigenvalue weighted by Gasteiger charge is 2.19. The molecule has 2 aromatic carbocycles. The number of ether oxygens (including phenoxy) is 1. The standard InChI is InChI=1S/C24H20ClN7O/c1-33-19-10-8-18(9-11-19)32-22(26)20-21(16-4-6-17(25)7-5-16)29-24(30-23(20)31-32)28-14-15-3-2-12-27-13-15/h2-13H,14,26H2,1H3,(H,28,30,31). The van der Waals surface area contributed by atoms with Gasteiger partial charge in [0.25, 0.3) is 0 Å². The quantitative estimate of drug-likeness (QED) is 0.379. The number of hydrogen-bond acceptors (Lipinski definition) is 7. The summed E-state index contributed by atoms with van der Waals surface area (Å²) in [6.07, 6.45) is 3.53. The fourth-order valence-electron chi connectivity index (χ4n) is 3.51. The molecule has 5 rings (SSSR count). The molecule has 33 heavy (non-hydrogen) atoms. The predicted molar refractivity (Wildman–Crippen MR) is 130 cm³/mol. The van der Waals surface area contributed by atoms with Crippen molar-refractivity contribution in [3.05, 3.63) is 83.6 Å². The Morgan fingerprint density at radius 3 is 2.52 bits per heavy atom. The van der Waals surface area contributed by atoms with Crippen molar-refractivity contribution in [3.63, 3.8) is 0 Å². The van der Waals surface area contributed by atoms with Crippen LogP contribution in [0.5, 0.6) is 5.75 Å². The van der Waals surface area contributed by atoms with Gasteiger partial charge in [-0.1, -0.05) is 29.8 Å². The van der Waals surface area contributed by atoms with Crippen LogP contribution in [0.3, 0.4) is 0 Å². The van der Waals surface area contributed by atoms with Crippen molar-refractivity contribution >= 4 is 34.4 Å². The van der Waals surface area contributed by atoms with Gasteiger partial charge in [0.15, 0.2) is 5.65 Å². The van der Waals surface area contributed by atoms with Gasteiger partial charge in [-0.2, -0.15) is 4.98 Å². The van der Waals surface area contributed by atoms with Crippen molar-refractivity contribution < 1.29 is 4.74 Å². The molecule has 0 aliphatic heterocycles. The molecule has 3 heterocycles. The van der Waals surface area contributed by atoms with Gasteiger partial charge in [0.2, 0.25) is 5.95 Å². The average molecular weight is 458 g/mol. The lowest BCUT2D eigenvalue weighted by Gasteiger charge is -2.09. The maximum atomic E-state index is 6.56. The van der Waals surface area contributed by atoms with Gasteiger partial charge >= 0.3 is 0 Å². The summed E-state index contributed by atoms with van der Waals surface area (Å²) in [6.45, 7) is 0.522. The largest absolute Gasteiger partial charge is 0.497 e. The second kappa shape index (κ2) is 8.76. The van der Waals surface area contributed by atoms with Crippen LogP contribution in [0.25, 0.3) is 28.0 Å². The van der Waals surface area contributed by atoms with Crippen molar-refractivity contribution in [3.8, 4) is 22.7 Å². The Labute approximate surface area is 195 Å². The monoisotopic (exact) mass is 457 g/mol. The fourth-order valence-corrected chi connectivity index (χ4v) is 3.64. The second-order valence-electron chi connectivity index (χ2n) is 7.31. The number of anilines is 2. The third-order valence-electron chi connectivity index (χ3n) is 5.18. The maximum absolute atomic E-state index is 6.56. The summed E-state index contributed by atoms with van der Waals surface area (Å²) in [5.41, 5.74) is 10.4. The van der Waals surface area contributed by atoms with Crippen LogP contribution < -0.4 is 15.8 Å². The van der Waals surface area contributed by atoms with Crippen LogP contribution in [0.15, 0.2) is 73.1 Å². The van der Waals surface area contributed by atoms with E-state index in [2.05, 4.69) is 20.4 Å². The lowest BCUT2D eigenvalue weighted by molar-refractivity contribution is 0.414. The van der Waals surface area contributed by atoms with E-state index in [9.17, 15) is 0 Å². The third-order valence-corrected chi connectivity index (χ3v) is 5.43. The van der Waals surface area contributed by atoms with Gasteiger partial charge in [0.1, 0.15) is 11.6 Å². The summed E-state index contributed by atoms with van der Waals surface area (Å²) in [4.78, 5) is 13.5. The highest BCUT2D eigenvalue weighted by atomic mass is 35.5. The number of benzene rings is 2. The minimum absolute atomic E-state index is 0.440. The number of methoxy groups -OCH3 is 1. The van der Waals surface area contributed by atoms with E-state index in [-0.39, 0.29) is 0 Å². The molecule has 0 bridgehead atoms. The van der Waals surface area contributed by atoms with Gasteiger partial charge in [0.05, 0.1) is 23.9 Å². The average Bonchev–Trinajstić information content (AvgIpc) is 3.19. The van der Waals surface area contributed by atoms with Crippen molar-refractivity contribution in [2.24, 2.45) is 0 Å². The van der Waals surface area contributed by atoms with Crippen LogP contribution in [0.1, 0.15) is 5.56 Å². The minimum Gasteiger partial charge on any atom is -0.497 e. The molecule has 0 saturated heterocycles. The summed E-state index contributed by atoms with van der Waals surface area (Å²) < 4.78 is 6.91.